The number of ketones is 1. The monoisotopic (exact) mass is 362 g/mol. The Kier molecular flexibility index (Phi) is 8.39. The summed E-state index contributed by atoms with van der Waals surface area (Å²) in [5.74, 6) is -0.667. The summed E-state index contributed by atoms with van der Waals surface area (Å²) in [6, 6.07) is 2.66. The Balaban J connectivity index is 2.34. The van der Waals surface area contributed by atoms with Crippen LogP contribution in [0.3, 0.4) is 0 Å². The van der Waals surface area contributed by atoms with Crippen LogP contribution < -0.4 is 0 Å². The van der Waals surface area contributed by atoms with Gasteiger partial charge in [-0.3, -0.25) is 4.79 Å². The minimum Gasteiger partial charge on any atom is -0.294 e. The minimum absolute atomic E-state index is 0.101. The van der Waals surface area contributed by atoms with Crippen LogP contribution in [0.5, 0.6) is 0 Å². The van der Waals surface area contributed by atoms with E-state index in [4.69, 9.17) is 11.6 Å². The molecule has 0 aliphatic heterocycles. The van der Waals surface area contributed by atoms with Gasteiger partial charge in [0.1, 0.15) is 5.82 Å². The maximum absolute atomic E-state index is 13.7. The second-order valence-corrected chi connectivity index (χ2v) is 6.30. The molecule has 1 aromatic carbocycles. The van der Waals surface area contributed by atoms with Gasteiger partial charge in [0.15, 0.2) is 5.78 Å². The third-order valence-electron chi connectivity index (χ3n) is 3.32. The molecule has 0 atom stereocenters. The number of hydrogen-bond donors (Lipinski definition) is 0. The molecule has 20 heavy (non-hydrogen) atoms. The highest BCUT2D eigenvalue weighted by atomic mass is 79.9. The van der Waals surface area contributed by atoms with Gasteiger partial charge in [-0.25, -0.2) is 4.39 Å². The van der Waals surface area contributed by atoms with Crippen molar-refractivity contribution in [3.63, 3.8) is 0 Å². The van der Waals surface area contributed by atoms with E-state index in [1.165, 1.54) is 37.8 Å². The first kappa shape index (κ1) is 17.6. The molecule has 0 amide bonds. The molecule has 0 fully saturated rings. The number of Topliss-reactive ketones (excluding diaryl/α,β-unsaturated/α-hetero) is 1. The second-order valence-electron chi connectivity index (χ2n) is 5.04. The normalized spacial score (nSPS) is 10.8. The number of rotatable bonds is 9. The van der Waals surface area contributed by atoms with Gasteiger partial charge in [0, 0.05) is 10.9 Å². The molecule has 0 heterocycles. The smallest absolute Gasteiger partial charge is 0.165 e. The van der Waals surface area contributed by atoms with E-state index >= 15 is 0 Å². The summed E-state index contributed by atoms with van der Waals surface area (Å²) in [5.41, 5.74) is 0.101. The van der Waals surface area contributed by atoms with Crippen molar-refractivity contribution in [1.29, 1.82) is 0 Å². The molecule has 1 rings (SSSR count). The van der Waals surface area contributed by atoms with Crippen LogP contribution in [0.4, 0.5) is 4.39 Å². The van der Waals surface area contributed by atoms with Gasteiger partial charge < -0.3 is 0 Å². The van der Waals surface area contributed by atoms with Crippen molar-refractivity contribution in [1.82, 2.24) is 0 Å². The molecule has 0 aromatic heterocycles. The molecule has 0 spiro atoms. The van der Waals surface area contributed by atoms with Gasteiger partial charge in [-0.1, -0.05) is 57.0 Å². The van der Waals surface area contributed by atoms with Crippen LogP contribution in [0.25, 0.3) is 0 Å². The Hall–Kier alpha value is -0.410. The standard InChI is InChI=1S/C16H21BrClFO/c1-2-3-4-5-6-7-8-9-16(20)12-10-14(18)13(17)11-15(12)19/h10-11H,2-9H2,1H3. The average molecular weight is 364 g/mol. The van der Waals surface area contributed by atoms with Gasteiger partial charge >= 0.3 is 0 Å². The van der Waals surface area contributed by atoms with Gasteiger partial charge in [0.2, 0.25) is 0 Å². The van der Waals surface area contributed by atoms with Crippen molar-refractivity contribution in [3.05, 3.63) is 33.0 Å². The Morgan fingerprint density at radius 3 is 2.40 bits per heavy atom. The molecule has 0 N–H and O–H groups in total. The predicted octanol–water partition coefficient (Wildman–Crippen LogP) is 6.57. The van der Waals surface area contributed by atoms with Gasteiger partial charge in [-0.15, -0.1) is 0 Å². The number of benzene rings is 1. The van der Waals surface area contributed by atoms with E-state index in [9.17, 15) is 9.18 Å². The fourth-order valence-electron chi connectivity index (χ4n) is 2.11. The molecule has 0 aliphatic rings. The fourth-order valence-corrected chi connectivity index (χ4v) is 2.59. The number of halogens is 3. The third kappa shape index (κ3) is 5.92. The quantitative estimate of drug-likeness (QED) is 0.275. The zero-order valence-electron chi connectivity index (χ0n) is 11.9. The van der Waals surface area contributed by atoms with Crippen molar-refractivity contribution < 1.29 is 9.18 Å². The van der Waals surface area contributed by atoms with Crippen molar-refractivity contribution in [2.45, 2.75) is 58.3 Å². The Morgan fingerprint density at radius 2 is 1.75 bits per heavy atom. The van der Waals surface area contributed by atoms with Gasteiger partial charge in [-0.2, -0.15) is 0 Å². The summed E-state index contributed by atoms with van der Waals surface area (Å²) in [4.78, 5) is 12.0. The Labute approximate surface area is 134 Å². The number of carbonyl (C=O) groups is 1. The molecular weight excluding hydrogens is 343 g/mol. The van der Waals surface area contributed by atoms with E-state index in [1.807, 2.05) is 0 Å². The molecule has 4 heteroatoms. The summed E-state index contributed by atoms with van der Waals surface area (Å²) in [5, 5.41) is 0.370. The molecule has 1 nitrogen and oxygen atoms in total. The van der Waals surface area contributed by atoms with Gasteiger partial charge in [-0.05, 0) is 34.5 Å². The zero-order valence-corrected chi connectivity index (χ0v) is 14.2. The lowest BCUT2D eigenvalue weighted by Crippen LogP contribution is -2.02. The fraction of sp³-hybridized carbons (Fsp3) is 0.562. The minimum atomic E-state index is -0.505. The van der Waals surface area contributed by atoms with Crippen molar-refractivity contribution in [2.75, 3.05) is 0 Å². The maximum Gasteiger partial charge on any atom is 0.165 e. The lowest BCUT2D eigenvalue weighted by molar-refractivity contribution is 0.0975. The summed E-state index contributed by atoms with van der Waals surface area (Å²) in [6.45, 7) is 2.19. The molecule has 0 saturated heterocycles. The molecule has 1 aromatic rings. The van der Waals surface area contributed by atoms with E-state index in [0.29, 0.717) is 15.9 Å². The van der Waals surface area contributed by atoms with Gasteiger partial charge in [0.05, 0.1) is 10.6 Å². The van der Waals surface area contributed by atoms with Crippen LogP contribution in [0.1, 0.15) is 68.6 Å². The summed E-state index contributed by atoms with van der Waals surface area (Å²) >= 11 is 9.04. The number of hydrogen-bond acceptors (Lipinski definition) is 1. The largest absolute Gasteiger partial charge is 0.294 e. The van der Waals surface area contributed by atoms with Crippen molar-refractivity contribution >= 4 is 33.3 Å². The maximum atomic E-state index is 13.7. The first-order chi connectivity index (χ1) is 9.56. The first-order valence-corrected chi connectivity index (χ1v) is 8.41. The van der Waals surface area contributed by atoms with Crippen LogP contribution in [0, 0.1) is 5.82 Å². The van der Waals surface area contributed by atoms with Crippen LogP contribution in [0.15, 0.2) is 16.6 Å². The topological polar surface area (TPSA) is 17.1 Å². The highest BCUT2D eigenvalue weighted by Crippen LogP contribution is 2.26. The lowest BCUT2D eigenvalue weighted by Gasteiger charge is -2.05. The predicted molar refractivity (Wildman–Crippen MR) is 86.1 cm³/mol. The SMILES string of the molecule is CCCCCCCCCC(=O)c1cc(Cl)c(Br)cc1F. The molecule has 0 bridgehead atoms. The van der Waals surface area contributed by atoms with E-state index in [1.54, 1.807) is 0 Å². The van der Waals surface area contributed by atoms with E-state index in [0.717, 1.165) is 19.3 Å². The molecular formula is C16H21BrClFO. The van der Waals surface area contributed by atoms with Crippen LogP contribution in [-0.2, 0) is 0 Å². The third-order valence-corrected chi connectivity index (χ3v) is 4.51. The number of carbonyl (C=O) groups excluding carboxylic acids is 1. The van der Waals surface area contributed by atoms with Crippen LogP contribution >= 0.6 is 27.5 Å². The van der Waals surface area contributed by atoms with Gasteiger partial charge in [0.25, 0.3) is 0 Å². The van der Waals surface area contributed by atoms with E-state index in [2.05, 4.69) is 22.9 Å². The first-order valence-electron chi connectivity index (χ1n) is 7.24. The van der Waals surface area contributed by atoms with Crippen LogP contribution in [-0.4, -0.2) is 5.78 Å². The summed E-state index contributed by atoms with van der Waals surface area (Å²) in [6.07, 6.45) is 8.39. The molecule has 112 valence electrons. The molecule has 0 aliphatic carbocycles. The highest BCUT2D eigenvalue weighted by molar-refractivity contribution is 9.10. The van der Waals surface area contributed by atoms with E-state index < -0.39 is 5.82 Å². The van der Waals surface area contributed by atoms with E-state index in [-0.39, 0.29) is 11.3 Å². The van der Waals surface area contributed by atoms with Crippen LogP contribution in [0.2, 0.25) is 5.02 Å². The molecule has 0 radical (unpaired) electrons. The molecule has 0 unspecified atom stereocenters. The lowest BCUT2D eigenvalue weighted by atomic mass is 10.0. The Bertz CT molecular complexity index is 448. The summed E-state index contributed by atoms with van der Waals surface area (Å²) < 4.78 is 14.2. The van der Waals surface area contributed by atoms with Crippen molar-refractivity contribution in [2.24, 2.45) is 0 Å². The number of unbranched alkanes of at least 4 members (excludes halogenated alkanes) is 6. The average Bonchev–Trinajstić information content (AvgIpc) is 2.41. The van der Waals surface area contributed by atoms with Crippen molar-refractivity contribution in [3.8, 4) is 0 Å². The second kappa shape index (κ2) is 9.51. The zero-order chi connectivity index (χ0) is 15.0. The molecule has 0 saturated carbocycles. The summed E-state index contributed by atoms with van der Waals surface area (Å²) in [7, 11) is 0. The highest BCUT2D eigenvalue weighted by Gasteiger charge is 2.14. The Morgan fingerprint density at radius 1 is 1.15 bits per heavy atom.